The first-order valence-electron chi connectivity index (χ1n) is 14.1. The molecule has 40 heavy (non-hydrogen) atoms. The zero-order valence-electron chi connectivity index (χ0n) is 24.9. The Hall–Kier alpha value is -1.44. The second-order valence-electron chi connectivity index (χ2n) is 12.3. The summed E-state index contributed by atoms with van der Waals surface area (Å²) in [6, 6.07) is 22.7. The molecule has 0 N–H and O–H groups in total. The molecule has 0 saturated carbocycles. The third-order valence-corrected chi connectivity index (χ3v) is 14.6. The van der Waals surface area contributed by atoms with Crippen molar-refractivity contribution in [2.24, 2.45) is 0 Å². The van der Waals surface area contributed by atoms with Crippen LogP contribution in [0.3, 0.4) is 0 Å². The Kier molecular flexibility index (Phi) is 10.3. The summed E-state index contributed by atoms with van der Waals surface area (Å²) in [6.07, 6.45) is 6.27. The number of allylic oxidation sites excluding steroid dienone is 5. The number of halogens is 2. The van der Waals surface area contributed by atoms with Crippen LogP contribution in [0.5, 0.6) is 0 Å². The Labute approximate surface area is 274 Å². The molecule has 0 spiro atoms. The van der Waals surface area contributed by atoms with Crippen molar-refractivity contribution in [1.29, 1.82) is 0 Å². The molecule has 0 saturated heterocycles. The van der Waals surface area contributed by atoms with Crippen LogP contribution >= 0.6 is 0 Å². The number of hydrogen-bond donors (Lipinski definition) is 0. The molecular weight excluding hydrogens is 623 g/mol. The van der Waals surface area contributed by atoms with Crippen molar-refractivity contribution in [1.82, 2.24) is 0 Å². The van der Waals surface area contributed by atoms with Gasteiger partial charge in [-0.2, -0.15) is 0 Å². The molecule has 3 aliphatic carbocycles. The fourth-order valence-corrected chi connectivity index (χ4v) is 13.5. The summed E-state index contributed by atoms with van der Waals surface area (Å²) in [7, 11) is -1.78. The third kappa shape index (κ3) is 5.06. The van der Waals surface area contributed by atoms with E-state index in [1.54, 1.807) is 33.4 Å². The zero-order valence-corrected chi connectivity index (χ0v) is 29.9. The summed E-state index contributed by atoms with van der Waals surface area (Å²) in [5, 5.41) is 0. The summed E-state index contributed by atoms with van der Waals surface area (Å²) in [5.74, 6) is 0. The van der Waals surface area contributed by atoms with Gasteiger partial charge in [-0.15, -0.1) is 0 Å². The van der Waals surface area contributed by atoms with Gasteiger partial charge in [0.25, 0.3) is 0 Å². The Morgan fingerprint density at radius 1 is 0.700 bits per heavy atom. The molecule has 206 valence electrons. The molecular formula is C36H40Cl2SiZr. The van der Waals surface area contributed by atoms with E-state index in [1.165, 1.54) is 58.2 Å². The number of benzene rings is 3. The summed E-state index contributed by atoms with van der Waals surface area (Å²) in [5.41, 5.74) is 21.0. The van der Waals surface area contributed by atoms with E-state index in [1.807, 2.05) is 0 Å². The summed E-state index contributed by atoms with van der Waals surface area (Å²) < 4.78 is 0. The van der Waals surface area contributed by atoms with E-state index in [-0.39, 0.29) is 51.0 Å². The maximum Gasteiger partial charge on any atom is 2.00 e. The molecule has 1 unspecified atom stereocenters. The van der Waals surface area contributed by atoms with Crippen molar-refractivity contribution in [3.05, 3.63) is 111 Å². The number of aryl methyl sites for hydroxylation is 1. The van der Waals surface area contributed by atoms with E-state index in [4.69, 9.17) is 0 Å². The van der Waals surface area contributed by atoms with Gasteiger partial charge in [-0.05, 0) is 115 Å². The predicted molar refractivity (Wildman–Crippen MR) is 164 cm³/mol. The molecule has 3 aromatic carbocycles. The second kappa shape index (κ2) is 12.4. The van der Waals surface area contributed by atoms with Crippen LogP contribution in [-0.2, 0) is 39.0 Å². The molecule has 6 rings (SSSR count). The first kappa shape index (κ1) is 33.1. The van der Waals surface area contributed by atoms with Gasteiger partial charge in [0.05, 0.1) is 8.07 Å². The molecule has 0 nitrogen and oxygen atoms in total. The first-order valence-corrected chi connectivity index (χ1v) is 17.2. The average Bonchev–Trinajstić information content (AvgIpc) is 3.54. The number of hydrogen-bond acceptors (Lipinski definition) is 0. The van der Waals surface area contributed by atoms with Gasteiger partial charge in [-0.25, -0.2) is 0 Å². The van der Waals surface area contributed by atoms with E-state index in [0.29, 0.717) is 11.1 Å². The molecule has 4 heteroatoms. The molecule has 0 amide bonds. The smallest absolute Gasteiger partial charge is 1.00 e. The molecule has 0 radical (unpaired) electrons. The van der Waals surface area contributed by atoms with Gasteiger partial charge in [-0.3, -0.25) is 0 Å². The van der Waals surface area contributed by atoms with Crippen molar-refractivity contribution in [3.8, 4) is 22.3 Å². The van der Waals surface area contributed by atoms with E-state index in [0.717, 1.165) is 0 Å². The standard InChI is InChI=1S/C36H40Si.2ClH.Zr/c1-22-20-32-33(35(22)37(6,7)36-25(4)23(2)24(3)26(36)5)21-28-16-13-19-30(28)34(32)31-18-12-11-17-29(31)27-14-9-8-10-15-27;;;/h8-12,14-15,17-18,20-21,35-36H,13,16,19H2,1-7H3;2*1H;/q;;;+2/p-2. The zero-order chi connectivity index (χ0) is 26.1. The Balaban J connectivity index is 0.00000147. The topological polar surface area (TPSA) is 0 Å². The van der Waals surface area contributed by atoms with E-state index in [2.05, 4.69) is 114 Å². The normalized spacial score (nSPS) is 18.1. The molecule has 3 aromatic rings. The van der Waals surface area contributed by atoms with Gasteiger partial charge in [0.1, 0.15) is 0 Å². The van der Waals surface area contributed by atoms with Crippen LogP contribution in [0, 0.1) is 0 Å². The molecule has 0 aliphatic heterocycles. The van der Waals surface area contributed by atoms with E-state index < -0.39 is 8.07 Å². The van der Waals surface area contributed by atoms with Crippen LogP contribution < -0.4 is 24.8 Å². The molecule has 0 heterocycles. The van der Waals surface area contributed by atoms with Crippen LogP contribution in [0.1, 0.15) is 68.8 Å². The SMILES string of the molecule is CC1=Cc2c(cc3c(c2-c2ccccc2-c2ccccc2)CCC3)C1[Si](C)(C)C1C(C)=C(C)C(C)=C1C.[Cl-].[Cl-].[Zr+2]. The average molecular weight is 663 g/mol. The maximum absolute atomic E-state index is 2.67. The van der Waals surface area contributed by atoms with Crippen molar-refractivity contribution in [3.63, 3.8) is 0 Å². The quantitative estimate of drug-likeness (QED) is 0.366. The monoisotopic (exact) mass is 660 g/mol. The van der Waals surface area contributed by atoms with Crippen LogP contribution in [0.2, 0.25) is 18.6 Å². The Bertz CT molecular complexity index is 1500. The summed E-state index contributed by atoms with van der Waals surface area (Å²) in [6.45, 7) is 17.3. The summed E-state index contributed by atoms with van der Waals surface area (Å²) in [4.78, 5) is 0. The molecule has 1 atom stereocenters. The molecule has 0 aromatic heterocycles. The van der Waals surface area contributed by atoms with E-state index >= 15 is 0 Å². The molecule has 0 fully saturated rings. The van der Waals surface area contributed by atoms with Gasteiger partial charge in [-0.1, -0.05) is 96.6 Å². The van der Waals surface area contributed by atoms with Crippen molar-refractivity contribution >= 4 is 14.1 Å². The van der Waals surface area contributed by atoms with Crippen LogP contribution in [0.15, 0.2) is 88.5 Å². The number of fused-ring (bicyclic) bond motifs is 2. The Morgan fingerprint density at radius 3 is 1.90 bits per heavy atom. The summed E-state index contributed by atoms with van der Waals surface area (Å²) >= 11 is 0. The van der Waals surface area contributed by atoms with Crippen molar-refractivity contribution in [2.45, 2.75) is 78.1 Å². The minimum atomic E-state index is -1.78. The largest absolute Gasteiger partial charge is 2.00 e. The van der Waals surface area contributed by atoms with Crippen LogP contribution in [0.4, 0.5) is 0 Å². The first-order chi connectivity index (χ1) is 17.7. The van der Waals surface area contributed by atoms with Crippen LogP contribution in [0.25, 0.3) is 28.3 Å². The second-order valence-corrected chi connectivity index (χ2v) is 17.1. The van der Waals surface area contributed by atoms with E-state index in [9.17, 15) is 0 Å². The molecule has 0 bridgehead atoms. The van der Waals surface area contributed by atoms with Crippen molar-refractivity contribution in [2.75, 3.05) is 0 Å². The molecule has 3 aliphatic rings. The van der Waals surface area contributed by atoms with Gasteiger partial charge in [0.2, 0.25) is 0 Å². The van der Waals surface area contributed by atoms with Crippen molar-refractivity contribution < 1.29 is 51.0 Å². The predicted octanol–water partition coefficient (Wildman–Crippen LogP) is 4.32. The van der Waals surface area contributed by atoms with Gasteiger partial charge in [0, 0.05) is 5.54 Å². The third-order valence-electron chi connectivity index (χ3n) is 9.99. The van der Waals surface area contributed by atoms with Gasteiger partial charge < -0.3 is 24.8 Å². The minimum Gasteiger partial charge on any atom is -1.00 e. The van der Waals surface area contributed by atoms with Gasteiger partial charge >= 0.3 is 26.2 Å². The number of rotatable bonds is 4. The Morgan fingerprint density at radius 2 is 1.27 bits per heavy atom. The minimum absolute atomic E-state index is 0. The van der Waals surface area contributed by atoms with Crippen LogP contribution in [-0.4, -0.2) is 8.07 Å². The van der Waals surface area contributed by atoms with Gasteiger partial charge in [0.15, 0.2) is 0 Å². The fourth-order valence-electron chi connectivity index (χ4n) is 8.23. The fraction of sp³-hybridized carbons (Fsp3) is 0.333. The maximum atomic E-state index is 2.67.